The molecule has 6 aromatic rings. The largest absolute Gasteiger partial charge is 0.397 e. The van der Waals surface area contributed by atoms with Crippen molar-refractivity contribution in [1.29, 1.82) is 5.41 Å². The Balaban J connectivity index is 0.000000500. The average Bonchev–Trinajstić information content (AvgIpc) is 3.22. The molecule has 0 aliphatic heterocycles. The van der Waals surface area contributed by atoms with Crippen molar-refractivity contribution in [2.24, 2.45) is 10.7 Å². The summed E-state index contributed by atoms with van der Waals surface area (Å²) in [6, 6.07) is 50.9. The molecule has 1 aliphatic rings. The molecule has 6 aromatic carbocycles. The summed E-state index contributed by atoms with van der Waals surface area (Å²) in [4.78, 5) is 6.76. The fourth-order valence-electron chi connectivity index (χ4n) is 5.92. The maximum Gasteiger partial charge on any atom is 0.154 e. The van der Waals surface area contributed by atoms with Crippen molar-refractivity contribution in [1.82, 2.24) is 0 Å². The quantitative estimate of drug-likeness (QED) is 0.0880. The summed E-state index contributed by atoms with van der Waals surface area (Å²) in [7, 11) is 0. The van der Waals surface area contributed by atoms with Crippen molar-refractivity contribution in [2.45, 2.75) is 54.0 Å². The highest BCUT2D eigenvalue weighted by Crippen LogP contribution is 2.32. The van der Waals surface area contributed by atoms with Crippen molar-refractivity contribution in [2.75, 3.05) is 10.6 Å². The first-order valence-electron chi connectivity index (χ1n) is 18.6. The molecular formula is C48H53N5. The molecule has 0 radical (unpaired) electrons. The van der Waals surface area contributed by atoms with Gasteiger partial charge in [0.05, 0.1) is 11.4 Å². The summed E-state index contributed by atoms with van der Waals surface area (Å²) in [5, 5.41) is 10.9. The van der Waals surface area contributed by atoms with Crippen LogP contribution in [0.2, 0.25) is 0 Å². The molecule has 0 atom stereocenters. The van der Waals surface area contributed by atoms with Crippen LogP contribution in [0.1, 0.15) is 62.8 Å². The van der Waals surface area contributed by atoms with Crippen LogP contribution in [0, 0.1) is 12.3 Å². The van der Waals surface area contributed by atoms with E-state index in [0.29, 0.717) is 12.4 Å². The van der Waals surface area contributed by atoms with E-state index in [1.54, 1.807) is 0 Å². The Morgan fingerprint density at radius 1 is 0.660 bits per heavy atom. The van der Waals surface area contributed by atoms with Crippen LogP contribution in [0.15, 0.2) is 157 Å². The second-order valence-corrected chi connectivity index (χ2v) is 12.1. The fourth-order valence-corrected chi connectivity index (χ4v) is 5.92. The van der Waals surface area contributed by atoms with Crippen LogP contribution >= 0.6 is 0 Å². The van der Waals surface area contributed by atoms with E-state index < -0.39 is 0 Å². The Labute approximate surface area is 316 Å². The number of hydrogen-bond acceptors (Lipinski definition) is 3. The van der Waals surface area contributed by atoms with Crippen LogP contribution in [0.5, 0.6) is 0 Å². The van der Waals surface area contributed by atoms with Gasteiger partial charge in [-0.1, -0.05) is 161 Å². The van der Waals surface area contributed by atoms with Crippen LogP contribution in [0.4, 0.5) is 17.1 Å². The summed E-state index contributed by atoms with van der Waals surface area (Å²) in [5.74, 6) is 0.475. The first-order valence-corrected chi connectivity index (χ1v) is 18.6. The number of amidine groups is 2. The minimum atomic E-state index is 0.142. The third-order valence-corrected chi connectivity index (χ3v) is 8.52. The van der Waals surface area contributed by atoms with Crippen molar-refractivity contribution in [3.8, 4) is 11.1 Å². The van der Waals surface area contributed by atoms with Gasteiger partial charge in [0, 0.05) is 23.4 Å². The third-order valence-electron chi connectivity index (χ3n) is 8.52. The van der Waals surface area contributed by atoms with Gasteiger partial charge in [0.2, 0.25) is 0 Å². The van der Waals surface area contributed by atoms with Gasteiger partial charge in [0.25, 0.3) is 0 Å². The lowest BCUT2D eigenvalue weighted by Crippen LogP contribution is -2.30. The zero-order valence-corrected chi connectivity index (χ0v) is 31.8. The van der Waals surface area contributed by atoms with E-state index in [9.17, 15) is 0 Å². The second-order valence-electron chi connectivity index (χ2n) is 12.1. The Bertz CT molecular complexity index is 2170. The lowest BCUT2D eigenvalue weighted by atomic mass is 9.94. The molecule has 270 valence electrons. The molecule has 1 aliphatic carbocycles. The average molecular weight is 700 g/mol. The Kier molecular flexibility index (Phi) is 15.4. The number of fused-ring (bicyclic) bond motifs is 1. The summed E-state index contributed by atoms with van der Waals surface area (Å²) >= 11 is 0. The van der Waals surface area contributed by atoms with Crippen LogP contribution < -0.4 is 26.8 Å². The predicted molar refractivity (Wildman–Crippen MR) is 230 cm³/mol. The van der Waals surface area contributed by atoms with E-state index in [0.717, 1.165) is 62.9 Å². The van der Waals surface area contributed by atoms with Crippen molar-refractivity contribution >= 4 is 40.9 Å². The van der Waals surface area contributed by atoms with E-state index in [1.165, 1.54) is 10.8 Å². The van der Waals surface area contributed by atoms with Gasteiger partial charge in [-0.05, 0) is 83.3 Å². The second kappa shape index (κ2) is 20.6. The van der Waals surface area contributed by atoms with Crippen LogP contribution in [-0.4, -0.2) is 11.7 Å². The Hall–Kier alpha value is -6.20. The number of nitrogens with two attached hydrogens (primary N) is 2. The maximum absolute atomic E-state index is 8.53. The van der Waals surface area contributed by atoms with Crippen LogP contribution in [-0.2, 0) is 6.54 Å². The molecule has 0 saturated carbocycles. The van der Waals surface area contributed by atoms with Gasteiger partial charge in [-0.2, -0.15) is 0 Å². The standard InChI is InChI=1S/C37H33N5.C7H8.2C2H6/c38-34-17-9-10-18-35(34)42(31-15-5-2-6-16-31)25-26-19-21-27(22-20-26)32-23-29-13-7-8-14-30(29)24-33(32)37(40)41-36(39)28-11-3-1-4-12-28;1-7-5-3-2-4-6-7;2*1-2/h1-6,9-24H,7-8,25,38H2,(H3,39,40,41);2-6H,1H3;2*1-2H3. The number of nitrogens with zero attached hydrogens (tertiary/aromatic N) is 2. The number of para-hydroxylation sites is 3. The highest BCUT2D eigenvalue weighted by Gasteiger charge is 2.15. The molecule has 0 bridgehead atoms. The topological polar surface area (TPSA) is 91.5 Å². The van der Waals surface area contributed by atoms with E-state index in [2.05, 4.69) is 95.7 Å². The number of nitrogens with one attached hydrogen (secondary N) is 1. The summed E-state index contributed by atoms with van der Waals surface area (Å²) in [6.07, 6.45) is 6.54. The third kappa shape index (κ3) is 10.9. The van der Waals surface area contributed by atoms with Crippen molar-refractivity contribution in [3.63, 3.8) is 0 Å². The fraction of sp³-hybridized carbons (Fsp3) is 0.167. The van der Waals surface area contributed by atoms with Crippen LogP contribution in [0.3, 0.4) is 0 Å². The van der Waals surface area contributed by atoms with Gasteiger partial charge < -0.3 is 16.4 Å². The molecule has 0 amide bonds. The highest BCUT2D eigenvalue weighted by atomic mass is 15.1. The molecule has 0 heterocycles. The lowest BCUT2D eigenvalue weighted by molar-refractivity contribution is 0.977. The molecule has 0 fully saturated rings. The summed E-state index contributed by atoms with van der Waals surface area (Å²) in [6.45, 7) is 10.7. The first kappa shape index (κ1) is 39.6. The summed E-state index contributed by atoms with van der Waals surface area (Å²) < 4.78 is 0. The molecule has 5 nitrogen and oxygen atoms in total. The first-order chi connectivity index (χ1) is 26.0. The van der Waals surface area contributed by atoms with Crippen molar-refractivity contribution < 1.29 is 0 Å². The van der Waals surface area contributed by atoms with Crippen molar-refractivity contribution in [3.05, 3.63) is 184 Å². The number of hydrogen-bond donors (Lipinski definition) is 3. The molecule has 0 saturated heterocycles. The minimum absolute atomic E-state index is 0.142. The number of benzene rings is 6. The number of rotatable bonds is 7. The smallest absolute Gasteiger partial charge is 0.154 e. The zero-order chi connectivity index (χ0) is 38.0. The Morgan fingerprint density at radius 2 is 1.19 bits per heavy atom. The maximum atomic E-state index is 8.53. The molecule has 0 unspecified atom stereocenters. The highest BCUT2D eigenvalue weighted by molar-refractivity contribution is 6.12. The predicted octanol–water partition coefficient (Wildman–Crippen LogP) is 10.4. The van der Waals surface area contributed by atoms with Gasteiger partial charge in [-0.15, -0.1) is 0 Å². The van der Waals surface area contributed by atoms with E-state index >= 15 is 0 Å². The van der Waals surface area contributed by atoms with Gasteiger partial charge in [-0.25, -0.2) is 4.99 Å². The van der Waals surface area contributed by atoms with Gasteiger partial charge in [0.1, 0.15) is 5.84 Å². The number of nitrogen functional groups attached to an aromatic ring is 1. The SMILES string of the molecule is CC.CC.Cc1ccccc1.N=C(N=C(N)c1cc2c(cc1-c1ccc(CN(c3ccccc3)c3ccccc3N)cc1)=CCCC=2)c1ccccc1. The van der Waals surface area contributed by atoms with Gasteiger partial charge in [-0.3, -0.25) is 5.41 Å². The summed E-state index contributed by atoms with van der Waals surface area (Å²) in [5.41, 5.74) is 21.9. The number of aliphatic imine (C=N–C) groups is 1. The Morgan fingerprint density at radius 3 is 1.75 bits per heavy atom. The van der Waals surface area contributed by atoms with E-state index in [-0.39, 0.29) is 5.84 Å². The molecule has 7 rings (SSSR count). The van der Waals surface area contributed by atoms with E-state index in [4.69, 9.17) is 16.9 Å². The van der Waals surface area contributed by atoms with Crippen LogP contribution in [0.25, 0.3) is 23.3 Å². The van der Waals surface area contributed by atoms with Gasteiger partial charge >= 0.3 is 0 Å². The molecular weight excluding hydrogens is 647 g/mol. The number of anilines is 3. The zero-order valence-electron chi connectivity index (χ0n) is 31.8. The molecule has 5 heteroatoms. The van der Waals surface area contributed by atoms with Gasteiger partial charge in [0.15, 0.2) is 5.84 Å². The molecule has 0 aromatic heterocycles. The number of aryl methyl sites for hydroxylation is 1. The van der Waals surface area contributed by atoms with E-state index in [1.807, 2.05) is 113 Å². The molecule has 53 heavy (non-hydrogen) atoms. The minimum Gasteiger partial charge on any atom is -0.397 e. The molecule has 0 spiro atoms. The molecule has 5 N–H and O–H groups in total. The normalized spacial score (nSPS) is 11.3. The lowest BCUT2D eigenvalue weighted by Gasteiger charge is -2.26. The monoisotopic (exact) mass is 699 g/mol.